The van der Waals surface area contributed by atoms with Gasteiger partial charge in [0.15, 0.2) is 0 Å². The Labute approximate surface area is 79.5 Å². The molecule has 0 aromatic heterocycles. The molecule has 0 rings (SSSR count). The minimum Gasteiger partial charge on any atom is -0.326 e. The van der Waals surface area contributed by atoms with Crippen LogP contribution in [0.4, 0.5) is 0 Å². The molecule has 0 amide bonds. The van der Waals surface area contributed by atoms with Crippen molar-refractivity contribution in [2.24, 2.45) is 0 Å². The summed E-state index contributed by atoms with van der Waals surface area (Å²) in [6.07, 6.45) is 0. The van der Waals surface area contributed by atoms with E-state index in [0.29, 0.717) is 0 Å². The highest BCUT2D eigenvalue weighted by molar-refractivity contribution is 8.50. The zero-order chi connectivity index (χ0) is 9.40. The number of nitrogens with zero attached hydrogens (tertiary/aromatic N) is 1. The summed E-state index contributed by atoms with van der Waals surface area (Å²) in [5, 5.41) is 0. The normalized spacial score (nSPS) is 13.7. The lowest BCUT2D eigenvalue weighted by molar-refractivity contribution is 0.324. The van der Waals surface area contributed by atoms with E-state index in [4.69, 9.17) is 0 Å². The molecular weight excluding hydrogens is 193 g/mol. The molecule has 0 saturated carbocycles. The number of hydrogen-bond acceptors (Lipinski definition) is 4. The Morgan fingerprint density at radius 1 is 1.42 bits per heavy atom. The lowest BCUT2D eigenvalue weighted by Crippen LogP contribution is -2.25. The van der Waals surface area contributed by atoms with Crippen LogP contribution in [-0.2, 0) is 9.09 Å². The summed E-state index contributed by atoms with van der Waals surface area (Å²) in [5.41, 5.74) is 0. The summed E-state index contributed by atoms with van der Waals surface area (Å²) in [6.45, 7) is 7.38. The molecule has 0 heterocycles. The SMILES string of the molecule is CCN(CC)CCS[PH](=O)OC. The fraction of sp³-hybridized carbons (Fsp3) is 1.00. The van der Waals surface area contributed by atoms with Crippen molar-refractivity contribution >= 4 is 18.6 Å². The molecule has 5 heteroatoms. The van der Waals surface area contributed by atoms with Gasteiger partial charge in [-0.05, 0) is 13.1 Å². The Balaban J connectivity index is 3.34. The van der Waals surface area contributed by atoms with Crippen molar-refractivity contribution < 1.29 is 9.09 Å². The first-order valence-electron chi connectivity index (χ1n) is 4.17. The summed E-state index contributed by atoms with van der Waals surface area (Å²) in [4.78, 5) is 2.30. The highest BCUT2D eigenvalue weighted by Gasteiger charge is 2.00. The first kappa shape index (κ1) is 12.5. The van der Waals surface area contributed by atoms with Gasteiger partial charge in [0.2, 0.25) is 7.23 Å². The van der Waals surface area contributed by atoms with Crippen molar-refractivity contribution in [3.63, 3.8) is 0 Å². The molecule has 1 atom stereocenters. The van der Waals surface area contributed by atoms with Gasteiger partial charge in [0.05, 0.1) is 0 Å². The molecule has 74 valence electrons. The Bertz CT molecular complexity index is 131. The predicted octanol–water partition coefficient (Wildman–Crippen LogP) is 2.10. The van der Waals surface area contributed by atoms with Crippen LogP contribution >= 0.6 is 18.6 Å². The highest BCUT2D eigenvalue weighted by Crippen LogP contribution is 2.37. The average molecular weight is 211 g/mol. The molecular formula is C7H18NO2PS. The third kappa shape index (κ3) is 6.06. The molecule has 12 heavy (non-hydrogen) atoms. The largest absolute Gasteiger partial charge is 0.326 e. The maximum atomic E-state index is 10.9. The quantitative estimate of drug-likeness (QED) is 0.603. The van der Waals surface area contributed by atoms with E-state index < -0.39 is 7.23 Å². The van der Waals surface area contributed by atoms with Crippen LogP contribution in [0.1, 0.15) is 13.8 Å². The van der Waals surface area contributed by atoms with Crippen LogP contribution in [0.3, 0.4) is 0 Å². The number of rotatable bonds is 7. The van der Waals surface area contributed by atoms with Crippen LogP contribution in [0.5, 0.6) is 0 Å². The van der Waals surface area contributed by atoms with Gasteiger partial charge in [0, 0.05) is 19.4 Å². The second kappa shape index (κ2) is 8.11. The standard InChI is InChI=1S/C7H18NO2PS/c1-4-8(5-2)6-7-12-11(9)10-3/h11H,4-7H2,1-3H3. The molecule has 0 aliphatic rings. The van der Waals surface area contributed by atoms with Gasteiger partial charge in [-0.3, -0.25) is 4.57 Å². The van der Waals surface area contributed by atoms with Gasteiger partial charge in [-0.15, -0.1) is 0 Å². The van der Waals surface area contributed by atoms with Gasteiger partial charge in [0.1, 0.15) is 0 Å². The molecule has 0 fully saturated rings. The van der Waals surface area contributed by atoms with Gasteiger partial charge in [-0.1, -0.05) is 25.2 Å². The van der Waals surface area contributed by atoms with E-state index in [1.165, 1.54) is 18.5 Å². The summed E-state index contributed by atoms with van der Waals surface area (Å²) in [7, 11) is -0.309. The van der Waals surface area contributed by atoms with Gasteiger partial charge in [-0.25, -0.2) is 0 Å². The summed E-state index contributed by atoms with van der Waals surface area (Å²) >= 11 is 1.42. The van der Waals surface area contributed by atoms with Crippen LogP contribution in [0.15, 0.2) is 0 Å². The van der Waals surface area contributed by atoms with Crippen LogP contribution in [-0.4, -0.2) is 37.4 Å². The van der Waals surface area contributed by atoms with E-state index in [2.05, 4.69) is 23.3 Å². The number of hydrogen-bond donors (Lipinski definition) is 0. The van der Waals surface area contributed by atoms with E-state index in [1.54, 1.807) is 0 Å². The van der Waals surface area contributed by atoms with E-state index in [1.807, 2.05) is 0 Å². The zero-order valence-electron chi connectivity index (χ0n) is 8.00. The lowest BCUT2D eigenvalue weighted by atomic mass is 10.5. The molecule has 0 N–H and O–H groups in total. The molecule has 0 aromatic carbocycles. The topological polar surface area (TPSA) is 29.5 Å². The van der Waals surface area contributed by atoms with Gasteiger partial charge in [0.25, 0.3) is 0 Å². The molecule has 0 saturated heterocycles. The average Bonchev–Trinajstić information content (AvgIpc) is 2.12. The first-order valence-corrected chi connectivity index (χ1v) is 7.20. The summed E-state index contributed by atoms with van der Waals surface area (Å²) < 4.78 is 15.6. The minimum atomic E-state index is -1.80. The van der Waals surface area contributed by atoms with Gasteiger partial charge in [-0.2, -0.15) is 0 Å². The maximum absolute atomic E-state index is 10.9. The van der Waals surface area contributed by atoms with Crippen molar-refractivity contribution in [3.05, 3.63) is 0 Å². The molecule has 1 unspecified atom stereocenters. The Morgan fingerprint density at radius 2 is 2.00 bits per heavy atom. The second-order valence-electron chi connectivity index (χ2n) is 2.33. The van der Waals surface area contributed by atoms with E-state index in [9.17, 15) is 4.57 Å². The maximum Gasteiger partial charge on any atom is 0.246 e. The monoisotopic (exact) mass is 211 g/mol. The van der Waals surface area contributed by atoms with Crippen LogP contribution in [0.2, 0.25) is 0 Å². The smallest absolute Gasteiger partial charge is 0.246 e. The minimum absolute atomic E-state index is 0.896. The Kier molecular flexibility index (Phi) is 8.45. The molecule has 3 nitrogen and oxygen atoms in total. The molecule has 0 spiro atoms. The fourth-order valence-corrected chi connectivity index (χ4v) is 2.62. The second-order valence-corrected chi connectivity index (χ2v) is 5.80. The molecule has 0 aliphatic carbocycles. The highest BCUT2D eigenvalue weighted by atomic mass is 32.7. The summed E-state index contributed by atoms with van der Waals surface area (Å²) in [6, 6.07) is 0. The van der Waals surface area contributed by atoms with E-state index in [0.717, 1.165) is 25.4 Å². The lowest BCUT2D eigenvalue weighted by Gasteiger charge is -2.16. The zero-order valence-corrected chi connectivity index (χ0v) is 9.82. The Morgan fingerprint density at radius 3 is 2.42 bits per heavy atom. The van der Waals surface area contributed by atoms with Crippen molar-refractivity contribution in [3.8, 4) is 0 Å². The fourth-order valence-electron chi connectivity index (χ4n) is 0.857. The van der Waals surface area contributed by atoms with Crippen molar-refractivity contribution in [2.75, 3.05) is 32.5 Å². The third-order valence-corrected chi connectivity index (χ3v) is 4.46. The van der Waals surface area contributed by atoms with Gasteiger partial charge >= 0.3 is 0 Å². The third-order valence-electron chi connectivity index (χ3n) is 1.69. The molecule has 0 radical (unpaired) electrons. The molecule has 0 aromatic rings. The van der Waals surface area contributed by atoms with Crippen LogP contribution in [0, 0.1) is 0 Å². The Hall–Kier alpha value is 0.500. The van der Waals surface area contributed by atoms with Crippen molar-refractivity contribution in [2.45, 2.75) is 13.8 Å². The predicted molar refractivity (Wildman–Crippen MR) is 56.3 cm³/mol. The van der Waals surface area contributed by atoms with Gasteiger partial charge < -0.3 is 9.42 Å². The van der Waals surface area contributed by atoms with Crippen LogP contribution < -0.4 is 0 Å². The molecule has 0 bridgehead atoms. The van der Waals surface area contributed by atoms with Crippen molar-refractivity contribution in [1.29, 1.82) is 0 Å². The van der Waals surface area contributed by atoms with Crippen molar-refractivity contribution in [1.82, 2.24) is 4.90 Å². The van der Waals surface area contributed by atoms with Crippen LogP contribution in [0.25, 0.3) is 0 Å². The molecule has 0 aliphatic heterocycles. The summed E-state index contributed by atoms with van der Waals surface area (Å²) in [5.74, 6) is 0.896. The first-order chi connectivity index (χ1) is 5.74. The van der Waals surface area contributed by atoms with E-state index in [-0.39, 0.29) is 0 Å². The van der Waals surface area contributed by atoms with E-state index >= 15 is 0 Å².